The van der Waals surface area contributed by atoms with Crippen LogP contribution < -0.4 is 10.1 Å². The van der Waals surface area contributed by atoms with Gasteiger partial charge in [0.1, 0.15) is 5.75 Å². The Kier molecular flexibility index (Phi) is 5.55. The van der Waals surface area contributed by atoms with Gasteiger partial charge in [-0.25, -0.2) is 4.98 Å². The molecule has 0 saturated carbocycles. The van der Waals surface area contributed by atoms with Crippen LogP contribution in [-0.4, -0.2) is 17.5 Å². The maximum Gasteiger partial charge on any atom is 0.229 e. The Balaban J connectivity index is 1.80. The summed E-state index contributed by atoms with van der Waals surface area (Å²) in [5.41, 5.74) is 3.29. The van der Waals surface area contributed by atoms with E-state index in [1.807, 2.05) is 31.4 Å². The van der Waals surface area contributed by atoms with Gasteiger partial charge in [0.05, 0.1) is 18.7 Å². The van der Waals surface area contributed by atoms with Gasteiger partial charge in [-0.15, -0.1) is 11.3 Å². The molecule has 0 aliphatic carbocycles. The van der Waals surface area contributed by atoms with Crippen LogP contribution in [0.2, 0.25) is 0 Å². The van der Waals surface area contributed by atoms with Crippen molar-refractivity contribution < 1.29 is 9.53 Å². The summed E-state index contributed by atoms with van der Waals surface area (Å²) in [5, 5.41) is 5.45. The predicted molar refractivity (Wildman–Crippen MR) is 90.9 cm³/mol. The minimum Gasteiger partial charge on any atom is -0.493 e. The van der Waals surface area contributed by atoms with E-state index >= 15 is 0 Å². The molecule has 0 atom stereocenters. The molecule has 0 aliphatic rings. The van der Waals surface area contributed by atoms with E-state index in [-0.39, 0.29) is 5.91 Å². The number of carbonyl (C=O) groups excluding carboxylic acids is 1. The lowest BCUT2D eigenvalue weighted by Gasteiger charge is -2.09. The Morgan fingerprint density at radius 2 is 2.14 bits per heavy atom. The van der Waals surface area contributed by atoms with Crippen molar-refractivity contribution >= 4 is 22.4 Å². The molecule has 0 saturated heterocycles. The number of hydrogen-bond donors (Lipinski definition) is 1. The zero-order valence-corrected chi connectivity index (χ0v) is 14.3. The van der Waals surface area contributed by atoms with Crippen molar-refractivity contribution in [3.05, 3.63) is 40.4 Å². The summed E-state index contributed by atoms with van der Waals surface area (Å²) in [5.74, 6) is 1.12. The summed E-state index contributed by atoms with van der Waals surface area (Å²) in [6.45, 7) is 8.57. The number of amides is 1. The number of carbonyl (C=O) groups is 1. The molecule has 1 heterocycles. The Labute approximate surface area is 135 Å². The van der Waals surface area contributed by atoms with Gasteiger partial charge in [-0.2, -0.15) is 0 Å². The molecule has 2 aromatic rings. The molecule has 0 spiro atoms. The summed E-state index contributed by atoms with van der Waals surface area (Å²) in [7, 11) is 0. The number of nitrogens with zero attached hydrogens (tertiary/aromatic N) is 1. The number of aryl methyl sites for hydroxylation is 2. The van der Waals surface area contributed by atoms with E-state index in [1.54, 1.807) is 0 Å². The number of anilines is 1. The monoisotopic (exact) mass is 318 g/mol. The van der Waals surface area contributed by atoms with Crippen LogP contribution in [-0.2, 0) is 4.79 Å². The molecular weight excluding hydrogens is 296 g/mol. The molecular formula is C17H22N2O2S. The first-order valence-corrected chi connectivity index (χ1v) is 8.29. The van der Waals surface area contributed by atoms with Gasteiger partial charge in [0, 0.05) is 5.38 Å². The zero-order chi connectivity index (χ0) is 16.1. The van der Waals surface area contributed by atoms with Crippen molar-refractivity contribution in [1.29, 1.82) is 0 Å². The lowest BCUT2D eigenvalue weighted by molar-refractivity contribution is -0.116. The Bertz CT molecular complexity index is 650. The van der Waals surface area contributed by atoms with Crippen molar-refractivity contribution in [2.45, 2.75) is 40.0 Å². The Hall–Kier alpha value is -1.88. The Morgan fingerprint density at radius 3 is 2.77 bits per heavy atom. The number of aromatic nitrogens is 1. The van der Waals surface area contributed by atoms with E-state index in [1.165, 1.54) is 16.9 Å². The molecule has 0 radical (unpaired) electrons. The lowest BCUT2D eigenvalue weighted by Crippen LogP contribution is -2.15. The molecule has 1 aromatic heterocycles. The van der Waals surface area contributed by atoms with E-state index in [0.29, 0.717) is 24.1 Å². The fourth-order valence-electron chi connectivity index (χ4n) is 2.01. The summed E-state index contributed by atoms with van der Waals surface area (Å²) in [6.07, 6.45) is 0.309. The highest BCUT2D eigenvalue weighted by molar-refractivity contribution is 7.13. The molecule has 1 amide bonds. The first-order chi connectivity index (χ1) is 10.5. The van der Waals surface area contributed by atoms with Crippen LogP contribution in [0, 0.1) is 13.8 Å². The quantitative estimate of drug-likeness (QED) is 0.864. The van der Waals surface area contributed by atoms with E-state index in [0.717, 1.165) is 17.0 Å². The fraction of sp³-hybridized carbons (Fsp3) is 0.412. The normalized spacial score (nSPS) is 10.8. The molecule has 0 aliphatic heterocycles. The standard InChI is InChI=1S/C17H22N2O2S/c1-11(2)14-10-22-17(18-14)19-16(20)7-8-21-15-6-5-12(3)9-13(15)4/h5-6,9-11H,7-8H2,1-4H3,(H,18,19,20). The maximum absolute atomic E-state index is 11.9. The van der Waals surface area contributed by atoms with Gasteiger partial charge in [0.2, 0.25) is 5.91 Å². The first kappa shape index (κ1) is 16.5. The van der Waals surface area contributed by atoms with Crippen LogP contribution in [0.4, 0.5) is 5.13 Å². The number of rotatable bonds is 6. The smallest absolute Gasteiger partial charge is 0.229 e. The van der Waals surface area contributed by atoms with Crippen molar-refractivity contribution in [3.63, 3.8) is 0 Å². The van der Waals surface area contributed by atoms with Crippen molar-refractivity contribution in [2.24, 2.45) is 0 Å². The van der Waals surface area contributed by atoms with E-state index in [9.17, 15) is 4.79 Å². The number of hydrogen-bond acceptors (Lipinski definition) is 4. The second-order valence-electron chi connectivity index (χ2n) is 5.65. The van der Waals surface area contributed by atoms with Crippen molar-refractivity contribution in [3.8, 4) is 5.75 Å². The highest BCUT2D eigenvalue weighted by Gasteiger charge is 2.09. The van der Waals surface area contributed by atoms with E-state index in [4.69, 9.17) is 4.74 Å². The van der Waals surface area contributed by atoms with Gasteiger partial charge in [-0.1, -0.05) is 31.5 Å². The molecule has 1 aromatic carbocycles. The third-order valence-electron chi connectivity index (χ3n) is 3.28. The molecule has 2 rings (SSSR count). The summed E-state index contributed by atoms with van der Waals surface area (Å²) in [6, 6.07) is 6.02. The van der Waals surface area contributed by atoms with Crippen LogP contribution in [0.25, 0.3) is 0 Å². The van der Waals surface area contributed by atoms with Gasteiger partial charge in [0.25, 0.3) is 0 Å². The van der Waals surface area contributed by atoms with Crippen LogP contribution in [0.1, 0.15) is 43.0 Å². The van der Waals surface area contributed by atoms with Crippen LogP contribution in [0.15, 0.2) is 23.6 Å². The van der Waals surface area contributed by atoms with Gasteiger partial charge >= 0.3 is 0 Å². The number of nitrogens with one attached hydrogen (secondary N) is 1. The number of benzene rings is 1. The molecule has 118 valence electrons. The second-order valence-corrected chi connectivity index (χ2v) is 6.51. The highest BCUT2D eigenvalue weighted by atomic mass is 32.1. The van der Waals surface area contributed by atoms with Crippen LogP contribution >= 0.6 is 11.3 Å². The molecule has 0 bridgehead atoms. The molecule has 22 heavy (non-hydrogen) atoms. The van der Waals surface area contributed by atoms with Gasteiger partial charge in [0.15, 0.2) is 5.13 Å². The average molecular weight is 318 g/mol. The summed E-state index contributed by atoms with van der Waals surface area (Å²) < 4.78 is 5.67. The van der Waals surface area contributed by atoms with Crippen molar-refractivity contribution in [1.82, 2.24) is 4.98 Å². The summed E-state index contributed by atoms with van der Waals surface area (Å²) in [4.78, 5) is 16.3. The lowest BCUT2D eigenvalue weighted by atomic mass is 10.1. The zero-order valence-electron chi connectivity index (χ0n) is 13.5. The van der Waals surface area contributed by atoms with Crippen LogP contribution in [0.5, 0.6) is 5.75 Å². The topological polar surface area (TPSA) is 51.2 Å². The Morgan fingerprint density at radius 1 is 1.36 bits per heavy atom. The minimum atomic E-state index is -0.0746. The molecule has 0 unspecified atom stereocenters. The van der Waals surface area contributed by atoms with Gasteiger partial charge < -0.3 is 10.1 Å². The minimum absolute atomic E-state index is 0.0746. The molecule has 0 fully saturated rings. The van der Waals surface area contributed by atoms with E-state index < -0.39 is 0 Å². The van der Waals surface area contributed by atoms with Crippen LogP contribution in [0.3, 0.4) is 0 Å². The SMILES string of the molecule is Cc1ccc(OCCC(=O)Nc2nc(C(C)C)cs2)c(C)c1. The number of thiazole rings is 1. The third-order valence-corrected chi connectivity index (χ3v) is 4.05. The van der Waals surface area contributed by atoms with Crippen molar-refractivity contribution in [2.75, 3.05) is 11.9 Å². The molecule has 4 nitrogen and oxygen atoms in total. The number of ether oxygens (including phenoxy) is 1. The largest absolute Gasteiger partial charge is 0.493 e. The first-order valence-electron chi connectivity index (χ1n) is 7.41. The molecule has 1 N–H and O–H groups in total. The highest BCUT2D eigenvalue weighted by Crippen LogP contribution is 2.22. The van der Waals surface area contributed by atoms with E-state index in [2.05, 4.69) is 30.2 Å². The van der Waals surface area contributed by atoms with Gasteiger partial charge in [-0.05, 0) is 31.4 Å². The predicted octanol–water partition coefficient (Wildman–Crippen LogP) is 4.29. The van der Waals surface area contributed by atoms with Gasteiger partial charge in [-0.3, -0.25) is 4.79 Å². The molecule has 5 heteroatoms. The maximum atomic E-state index is 11.9. The average Bonchev–Trinajstić information content (AvgIpc) is 2.90. The third kappa shape index (κ3) is 4.56. The second kappa shape index (κ2) is 7.40. The summed E-state index contributed by atoms with van der Waals surface area (Å²) >= 11 is 1.46. The fourth-order valence-corrected chi connectivity index (χ4v) is 2.89.